The van der Waals surface area contributed by atoms with Gasteiger partial charge < -0.3 is 5.32 Å². The number of carbonyl (C=O) groups excluding carboxylic acids is 1. The average Bonchev–Trinajstić information content (AvgIpc) is 2.28. The highest BCUT2D eigenvalue weighted by atomic mass is 16.1. The molecule has 0 aliphatic rings. The van der Waals surface area contributed by atoms with Crippen molar-refractivity contribution in [3.8, 4) is 0 Å². The van der Waals surface area contributed by atoms with Crippen molar-refractivity contribution in [3.05, 3.63) is 29.3 Å². The molecule has 0 radical (unpaired) electrons. The third kappa shape index (κ3) is 3.84. The molecule has 1 aromatic rings. The van der Waals surface area contributed by atoms with Gasteiger partial charge in [-0.3, -0.25) is 9.80 Å². The van der Waals surface area contributed by atoms with Crippen molar-refractivity contribution in [3.63, 3.8) is 0 Å². The predicted octanol–water partition coefficient (Wildman–Crippen LogP) is 3.11. The molecule has 0 aliphatic heterocycles. The second-order valence-electron chi connectivity index (χ2n) is 4.62. The molecule has 1 aromatic carbocycles. The molecule has 5 heteroatoms. The van der Waals surface area contributed by atoms with E-state index in [0.717, 1.165) is 16.8 Å². The molecule has 18 heavy (non-hydrogen) atoms. The third-order valence-electron chi connectivity index (χ3n) is 2.67. The first kappa shape index (κ1) is 14.2. The Labute approximate surface area is 108 Å². The quantitative estimate of drug-likeness (QED) is 0.621. The molecule has 2 N–H and O–H groups in total. The van der Waals surface area contributed by atoms with E-state index in [2.05, 4.69) is 10.5 Å². The van der Waals surface area contributed by atoms with E-state index >= 15 is 0 Å². The Bertz CT molecular complexity index is 443. The van der Waals surface area contributed by atoms with Crippen molar-refractivity contribution < 1.29 is 4.79 Å². The van der Waals surface area contributed by atoms with Crippen LogP contribution in [0, 0.1) is 12.5 Å². The first-order valence-electron chi connectivity index (χ1n) is 5.95. The molecule has 98 valence electrons. The van der Waals surface area contributed by atoms with Gasteiger partial charge in [0, 0.05) is 18.7 Å². The Morgan fingerprint density at radius 3 is 2.61 bits per heavy atom. The Morgan fingerprint density at radius 2 is 2.17 bits per heavy atom. The maximum absolute atomic E-state index is 11.0. The highest BCUT2D eigenvalue weighted by molar-refractivity contribution is 5.89. The monoisotopic (exact) mass is 248 g/mol. The Kier molecular flexibility index (Phi) is 4.83. The normalized spacial score (nSPS) is 10.3. The summed E-state index contributed by atoms with van der Waals surface area (Å²) in [6.07, 6.45) is 0. The fraction of sp³-hybridized carbons (Fsp3) is 0.462. The van der Waals surface area contributed by atoms with Gasteiger partial charge >= 0.3 is 0 Å². The first-order chi connectivity index (χ1) is 8.43. The summed E-state index contributed by atoms with van der Waals surface area (Å²) < 4.78 is 0. The molecule has 0 atom stereocenters. The van der Waals surface area contributed by atoms with E-state index in [-0.39, 0.29) is 11.9 Å². The van der Waals surface area contributed by atoms with E-state index in [4.69, 9.17) is 5.53 Å². The minimum absolute atomic E-state index is 0.0733. The van der Waals surface area contributed by atoms with E-state index in [1.165, 1.54) is 6.92 Å². The lowest BCUT2D eigenvalue weighted by Gasteiger charge is -2.21. The van der Waals surface area contributed by atoms with Gasteiger partial charge in [0.2, 0.25) is 5.91 Å². The number of rotatable bonds is 5. The smallest absolute Gasteiger partial charge is 0.221 e. The molecular weight excluding hydrogens is 228 g/mol. The van der Waals surface area contributed by atoms with Crippen LogP contribution in [0.2, 0.25) is 0 Å². The van der Waals surface area contributed by atoms with E-state index in [1.807, 2.05) is 39.0 Å². The van der Waals surface area contributed by atoms with Gasteiger partial charge in [0.15, 0.2) is 0 Å². The van der Waals surface area contributed by atoms with Gasteiger partial charge in [-0.15, -0.1) is 0 Å². The predicted molar refractivity (Wildman–Crippen MR) is 71.3 cm³/mol. The number of nitrogens with one attached hydrogen (secondary N) is 2. The number of anilines is 1. The molecule has 0 fully saturated rings. The molecule has 0 unspecified atom stereocenters. The van der Waals surface area contributed by atoms with Crippen molar-refractivity contribution in [1.82, 2.24) is 5.01 Å². The van der Waals surface area contributed by atoms with E-state index in [1.54, 1.807) is 5.01 Å². The van der Waals surface area contributed by atoms with Gasteiger partial charge in [0.1, 0.15) is 0 Å². The highest BCUT2D eigenvalue weighted by Crippen LogP contribution is 2.18. The van der Waals surface area contributed by atoms with Crippen LogP contribution >= 0.6 is 0 Å². The zero-order valence-corrected chi connectivity index (χ0v) is 11.3. The standard InChI is InChI=1S/C13H20N4O/c1-9(2)17(16-14)8-12-5-6-13(10(3)7-12)15-11(4)18/h5-7,9,14H,8H2,1-4H3,(H,15,18). The zero-order chi connectivity index (χ0) is 13.7. The van der Waals surface area contributed by atoms with Crippen LogP contribution < -0.4 is 5.32 Å². The van der Waals surface area contributed by atoms with Crippen LogP contribution in [0.4, 0.5) is 5.69 Å². The molecule has 5 nitrogen and oxygen atoms in total. The van der Waals surface area contributed by atoms with Crippen LogP contribution in [0.15, 0.2) is 23.4 Å². The molecule has 0 aliphatic carbocycles. The number of nitrogens with zero attached hydrogens (tertiary/aromatic N) is 2. The molecule has 0 heterocycles. The number of hydrogen-bond donors (Lipinski definition) is 2. The molecule has 0 saturated heterocycles. The summed E-state index contributed by atoms with van der Waals surface area (Å²) in [7, 11) is 0. The van der Waals surface area contributed by atoms with Crippen molar-refractivity contribution in [2.45, 2.75) is 40.3 Å². The molecule has 1 amide bonds. The van der Waals surface area contributed by atoms with Crippen LogP contribution in [0.5, 0.6) is 0 Å². The Balaban J connectivity index is 2.83. The second-order valence-corrected chi connectivity index (χ2v) is 4.62. The fourth-order valence-electron chi connectivity index (χ4n) is 1.67. The van der Waals surface area contributed by atoms with Gasteiger partial charge in [0.25, 0.3) is 0 Å². The fourth-order valence-corrected chi connectivity index (χ4v) is 1.67. The number of carbonyl (C=O) groups is 1. The van der Waals surface area contributed by atoms with Gasteiger partial charge in [-0.05, 0) is 38.0 Å². The van der Waals surface area contributed by atoms with Gasteiger partial charge in [-0.1, -0.05) is 17.4 Å². The molecule has 0 saturated carbocycles. The topological polar surface area (TPSA) is 68.6 Å². The Morgan fingerprint density at radius 1 is 1.50 bits per heavy atom. The summed E-state index contributed by atoms with van der Waals surface area (Å²) in [4.78, 5) is 11.0. The number of benzene rings is 1. The summed E-state index contributed by atoms with van der Waals surface area (Å²) in [5, 5.41) is 7.98. The van der Waals surface area contributed by atoms with E-state index in [9.17, 15) is 4.79 Å². The summed E-state index contributed by atoms with van der Waals surface area (Å²) >= 11 is 0. The minimum atomic E-state index is -0.0733. The highest BCUT2D eigenvalue weighted by Gasteiger charge is 2.08. The largest absolute Gasteiger partial charge is 0.326 e. The molecule has 0 aromatic heterocycles. The van der Waals surface area contributed by atoms with Crippen LogP contribution in [0.1, 0.15) is 31.9 Å². The lowest BCUT2D eigenvalue weighted by Crippen LogP contribution is -2.24. The van der Waals surface area contributed by atoms with E-state index in [0.29, 0.717) is 6.54 Å². The Hall–Kier alpha value is -1.91. The molecule has 0 spiro atoms. The van der Waals surface area contributed by atoms with Crippen molar-refractivity contribution in [2.75, 3.05) is 5.32 Å². The SMILES string of the molecule is CC(=O)Nc1ccc(CN(N=N)C(C)C)cc1C. The van der Waals surface area contributed by atoms with E-state index < -0.39 is 0 Å². The summed E-state index contributed by atoms with van der Waals surface area (Å²) in [5.41, 5.74) is 10.0. The third-order valence-corrected chi connectivity index (χ3v) is 2.67. The molecule has 1 rings (SSSR count). The minimum Gasteiger partial charge on any atom is -0.326 e. The maximum atomic E-state index is 11.0. The number of amides is 1. The number of hydrogen-bond acceptors (Lipinski definition) is 3. The summed E-state index contributed by atoms with van der Waals surface area (Å²) in [6, 6.07) is 6.02. The van der Waals surface area contributed by atoms with Crippen molar-refractivity contribution in [2.24, 2.45) is 5.22 Å². The van der Waals surface area contributed by atoms with Crippen LogP contribution in [0.3, 0.4) is 0 Å². The van der Waals surface area contributed by atoms with Crippen molar-refractivity contribution in [1.29, 1.82) is 5.53 Å². The summed E-state index contributed by atoms with van der Waals surface area (Å²) in [6.45, 7) is 8.04. The molecule has 0 bridgehead atoms. The van der Waals surface area contributed by atoms with Crippen LogP contribution in [0.25, 0.3) is 0 Å². The van der Waals surface area contributed by atoms with Gasteiger partial charge in [-0.2, -0.15) is 5.53 Å². The summed E-state index contributed by atoms with van der Waals surface area (Å²) in [5.74, 6) is -0.0733. The van der Waals surface area contributed by atoms with Gasteiger partial charge in [0.05, 0.1) is 6.54 Å². The van der Waals surface area contributed by atoms with Gasteiger partial charge in [-0.25, -0.2) is 0 Å². The molecular formula is C13H20N4O. The lowest BCUT2D eigenvalue weighted by atomic mass is 10.1. The zero-order valence-electron chi connectivity index (χ0n) is 11.3. The van der Waals surface area contributed by atoms with Crippen LogP contribution in [-0.2, 0) is 11.3 Å². The van der Waals surface area contributed by atoms with Crippen molar-refractivity contribution >= 4 is 11.6 Å². The number of aryl methyl sites for hydroxylation is 1. The van der Waals surface area contributed by atoms with Crippen LogP contribution in [-0.4, -0.2) is 17.0 Å². The first-order valence-corrected chi connectivity index (χ1v) is 5.95. The maximum Gasteiger partial charge on any atom is 0.221 e. The lowest BCUT2D eigenvalue weighted by molar-refractivity contribution is -0.114. The second kappa shape index (κ2) is 6.14. The average molecular weight is 248 g/mol.